The third-order valence-corrected chi connectivity index (χ3v) is 5.11. The lowest BCUT2D eigenvalue weighted by Gasteiger charge is -2.36. The summed E-state index contributed by atoms with van der Waals surface area (Å²) in [6.45, 7) is 1.82. The number of carbonyl (C=O) groups excluding carboxylic acids is 1. The predicted molar refractivity (Wildman–Crippen MR) is 117 cm³/mol. The molecular weight excluding hydrogens is 364 g/mol. The molecule has 0 spiro atoms. The summed E-state index contributed by atoms with van der Waals surface area (Å²) in [5.41, 5.74) is 1.46. The number of methoxy groups -OCH3 is 1. The fourth-order valence-electron chi connectivity index (χ4n) is 3.45. The van der Waals surface area contributed by atoms with Crippen LogP contribution in [0, 0.1) is 5.41 Å². The number of benzene rings is 2. The van der Waals surface area contributed by atoms with E-state index in [9.17, 15) is 4.79 Å². The molecule has 0 radical (unpaired) electrons. The molecule has 1 heterocycles. The van der Waals surface area contributed by atoms with Gasteiger partial charge in [0.1, 0.15) is 11.6 Å². The zero-order chi connectivity index (χ0) is 20.6. The quantitative estimate of drug-likeness (QED) is 0.579. The van der Waals surface area contributed by atoms with Crippen molar-refractivity contribution in [2.24, 2.45) is 0 Å². The largest absolute Gasteiger partial charge is 0.497 e. The highest BCUT2D eigenvalue weighted by molar-refractivity contribution is 6.09. The first-order valence-electron chi connectivity index (χ1n) is 9.81. The van der Waals surface area contributed by atoms with E-state index in [0.717, 1.165) is 31.6 Å². The number of hydrogen-bond acceptors (Lipinski definition) is 5. The van der Waals surface area contributed by atoms with E-state index in [-0.39, 0.29) is 17.8 Å². The van der Waals surface area contributed by atoms with E-state index in [1.807, 2.05) is 36.4 Å². The number of anilines is 1. The van der Waals surface area contributed by atoms with Crippen LogP contribution in [0.15, 0.2) is 66.9 Å². The topological polar surface area (TPSA) is 68.7 Å². The van der Waals surface area contributed by atoms with Crippen LogP contribution in [0.3, 0.4) is 0 Å². The number of para-hydroxylation sites is 1. The van der Waals surface area contributed by atoms with E-state index in [1.54, 1.807) is 42.5 Å². The number of nitrogens with one attached hydrogen (secondary N) is 2. The lowest BCUT2D eigenvalue weighted by atomic mass is 10.0. The van der Waals surface area contributed by atoms with Gasteiger partial charge in [0.2, 0.25) is 0 Å². The predicted octanol–water partition coefficient (Wildman–Crippen LogP) is 3.83. The van der Waals surface area contributed by atoms with Gasteiger partial charge < -0.3 is 15.0 Å². The number of piperidine rings is 1. The number of ether oxygens (including phenoxy) is 1. The third-order valence-electron chi connectivity index (χ3n) is 5.11. The fourth-order valence-corrected chi connectivity index (χ4v) is 3.45. The molecule has 1 fully saturated rings. The minimum Gasteiger partial charge on any atom is -0.497 e. The van der Waals surface area contributed by atoms with Gasteiger partial charge >= 0.3 is 0 Å². The Labute approximate surface area is 172 Å². The number of rotatable bonds is 6. The molecule has 2 N–H and O–H groups in total. The first-order chi connectivity index (χ1) is 14.1. The first-order valence-corrected chi connectivity index (χ1v) is 9.81. The van der Waals surface area contributed by atoms with Crippen LogP contribution in [-0.4, -0.2) is 54.8 Å². The molecule has 0 unspecified atom stereocenters. The van der Waals surface area contributed by atoms with Gasteiger partial charge in [-0.25, -0.2) is 0 Å². The second-order valence-corrected chi connectivity index (χ2v) is 7.17. The van der Waals surface area contributed by atoms with Crippen LogP contribution in [0.5, 0.6) is 5.75 Å². The van der Waals surface area contributed by atoms with Gasteiger partial charge in [-0.2, -0.15) is 0 Å². The number of hydrogen-bond donors (Lipinski definition) is 2. The molecule has 0 atom stereocenters. The van der Waals surface area contributed by atoms with Crippen LogP contribution < -0.4 is 10.1 Å². The van der Waals surface area contributed by atoms with Crippen molar-refractivity contribution in [3.8, 4) is 5.75 Å². The summed E-state index contributed by atoms with van der Waals surface area (Å²) in [4.78, 5) is 17.2. The monoisotopic (exact) mass is 392 g/mol. The van der Waals surface area contributed by atoms with Crippen molar-refractivity contribution in [3.63, 3.8) is 0 Å². The molecule has 0 aromatic heterocycles. The summed E-state index contributed by atoms with van der Waals surface area (Å²) in [5, 5.41) is 11.8. The van der Waals surface area contributed by atoms with Crippen LogP contribution in [0.1, 0.15) is 23.2 Å². The lowest BCUT2D eigenvalue weighted by molar-refractivity contribution is 0.0748. The van der Waals surface area contributed by atoms with E-state index in [0.29, 0.717) is 11.3 Å². The average Bonchev–Trinajstić information content (AvgIpc) is 2.76. The first kappa shape index (κ1) is 20.6. The van der Waals surface area contributed by atoms with Gasteiger partial charge in [0, 0.05) is 23.5 Å². The standard InChI is InChI=1S/C23H28N4O2/c1-26-15-12-20(13-16-26)27(23(28)18-7-6-10-21(17-18)29-2)22(24)11-14-25-19-8-4-3-5-9-19/h3-11,14,17,20,24-25H,12-13,15-16H2,1-2H3/b14-11-,24-22?. The van der Waals surface area contributed by atoms with Crippen LogP contribution in [-0.2, 0) is 0 Å². The Morgan fingerprint density at radius 3 is 2.59 bits per heavy atom. The molecule has 2 aromatic carbocycles. The van der Waals surface area contributed by atoms with Crippen LogP contribution in [0.25, 0.3) is 0 Å². The molecule has 6 nitrogen and oxygen atoms in total. The van der Waals surface area contributed by atoms with E-state index in [2.05, 4.69) is 17.3 Å². The van der Waals surface area contributed by atoms with E-state index in [4.69, 9.17) is 10.1 Å². The molecule has 1 aliphatic heterocycles. The van der Waals surface area contributed by atoms with E-state index >= 15 is 0 Å². The van der Waals surface area contributed by atoms with Crippen molar-refractivity contribution in [2.45, 2.75) is 18.9 Å². The van der Waals surface area contributed by atoms with Crippen molar-refractivity contribution in [1.82, 2.24) is 9.80 Å². The van der Waals surface area contributed by atoms with Gasteiger partial charge in [-0.3, -0.25) is 15.1 Å². The molecule has 0 bridgehead atoms. The van der Waals surface area contributed by atoms with Gasteiger partial charge in [0.05, 0.1) is 7.11 Å². The average molecular weight is 393 g/mol. The highest BCUT2D eigenvalue weighted by Crippen LogP contribution is 2.21. The van der Waals surface area contributed by atoms with Gasteiger partial charge in [-0.05, 0) is 69.4 Å². The summed E-state index contributed by atoms with van der Waals surface area (Å²) in [6, 6.07) is 16.8. The zero-order valence-corrected chi connectivity index (χ0v) is 17.0. The van der Waals surface area contributed by atoms with Gasteiger partial charge in [-0.1, -0.05) is 24.3 Å². The summed E-state index contributed by atoms with van der Waals surface area (Å²) < 4.78 is 5.26. The Morgan fingerprint density at radius 1 is 1.17 bits per heavy atom. The van der Waals surface area contributed by atoms with Crippen molar-refractivity contribution >= 4 is 17.4 Å². The SMILES string of the molecule is COc1cccc(C(=O)N(C(=N)/C=C\Nc2ccccc2)C2CCN(C)CC2)c1. The highest BCUT2D eigenvalue weighted by atomic mass is 16.5. The Balaban J connectivity index is 1.80. The Hall–Kier alpha value is -3.12. The number of amidine groups is 1. The van der Waals surface area contributed by atoms with Crippen molar-refractivity contribution < 1.29 is 9.53 Å². The molecule has 1 saturated heterocycles. The number of nitrogens with zero attached hydrogens (tertiary/aromatic N) is 2. The lowest BCUT2D eigenvalue weighted by Crippen LogP contribution is -2.48. The van der Waals surface area contributed by atoms with Gasteiger partial charge in [-0.15, -0.1) is 0 Å². The van der Waals surface area contributed by atoms with Crippen LogP contribution >= 0.6 is 0 Å². The molecule has 1 amide bonds. The molecule has 2 aromatic rings. The molecule has 29 heavy (non-hydrogen) atoms. The van der Waals surface area contributed by atoms with E-state index < -0.39 is 0 Å². The second-order valence-electron chi connectivity index (χ2n) is 7.17. The number of carbonyl (C=O) groups is 1. The Bertz CT molecular complexity index is 858. The maximum absolute atomic E-state index is 13.3. The summed E-state index contributed by atoms with van der Waals surface area (Å²) >= 11 is 0. The van der Waals surface area contributed by atoms with Crippen molar-refractivity contribution in [2.75, 3.05) is 32.6 Å². The van der Waals surface area contributed by atoms with Gasteiger partial charge in [0.15, 0.2) is 0 Å². The molecule has 0 saturated carbocycles. The van der Waals surface area contributed by atoms with Crippen molar-refractivity contribution in [3.05, 3.63) is 72.4 Å². The fraction of sp³-hybridized carbons (Fsp3) is 0.304. The number of amides is 1. The van der Waals surface area contributed by atoms with E-state index in [1.165, 1.54) is 0 Å². The van der Waals surface area contributed by atoms with Crippen molar-refractivity contribution in [1.29, 1.82) is 5.41 Å². The summed E-state index contributed by atoms with van der Waals surface area (Å²) in [5.74, 6) is 0.635. The molecule has 152 valence electrons. The number of likely N-dealkylation sites (tertiary alicyclic amines) is 1. The van der Waals surface area contributed by atoms with Crippen LogP contribution in [0.2, 0.25) is 0 Å². The zero-order valence-electron chi connectivity index (χ0n) is 17.0. The third kappa shape index (κ3) is 5.45. The second kappa shape index (κ2) is 9.89. The molecule has 0 aliphatic carbocycles. The minimum absolute atomic E-state index is 0.00113. The smallest absolute Gasteiger partial charge is 0.259 e. The normalized spacial score (nSPS) is 15.2. The molecule has 3 rings (SSSR count). The van der Waals surface area contributed by atoms with Crippen LogP contribution in [0.4, 0.5) is 5.69 Å². The maximum Gasteiger partial charge on any atom is 0.259 e. The van der Waals surface area contributed by atoms with Gasteiger partial charge in [0.25, 0.3) is 5.91 Å². The minimum atomic E-state index is -0.173. The highest BCUT2D eigenvalue weighted by Gasteiger charge is 2.30. The maximum atomic E-state index is 13.3. The Kier molecular flexibility index (Phi) is 7.03. The summed E-state index contributed by atoms with van der Waals surface area (Å²) in [7, 11) is 3.66. The molecule has 1 aliphatic rings. The molecule has 6 heteroatoms. The summed E-state index contributed by atoms with van der Waals surface area (Å²) in [6.07, 6.45) is 5.03. The molecular formula is C23H28N4O2. The Morgan fingerprint density at radius 2 is 1.90 bits per heavy atom.